The predicted octanol–water partition coefficient (Wildman–Crippen LogP) is 0.354. The Labute approximate surface area is 138 Å². The number of carbonyl (C=O) groups is 3. The lowest BCUT2D eigenvalue weighted by Crippen LogP contribution is -2.54. The van der Waals surface area contributed by atoms with Crippen LogP contribution in [0, 0.1) is 5.92 Å². The third-order valence-electron chi connectivity index (χ3n) is 3.85. The molecule has 3 amide bonds. The van der Waals surface area contributed by atoms with Crippen LogP contribution in [0.1, 0.15) is 46.5 Å². The van der Waals surface area contributed by atoms with Crippen LogP contribution in [-0.4, -0.2) is 65.4 Å². The van der Waals surface area contributed by atoms with E-state index in [4.69, 9.17) is 5.73 Å². The van der Waals surface area contributed by atoms with Crippen molar-refractivity contribution in [2.45, 2.75) is 58.5 Å². The highest BCUT2D eigenvalue weighted by atomic mass is 16.3. The maximum absolute atomic E-state index is 12.7. The van der Waals surface area contributed by atoms with Gasteiger partial charge in [-0.05, 0) is 25.2 Å². The normalized spacial score (nSPS) is 13.5. The van der Waals surface area contributed by atoms with Gasteiger partial charge in [-0.1, -0.05) is 20.8 Å². The maximum atomic E-state index is 12.7. The molecule has 0 heterocycles. The van der Waals surface area contributed by atoms with Crippen LogP contribution in [0.5, 0.6) is 0 Å². The fourth-order valence-corrected chi connectivity index (χ4v) is 2.47. The summed E-state index contributed by atoms with van der Waals surface area (Å²) < 4.78 is 0. The van der Waals surface area contributed by atoms with Crippen LogP contribution in [0.4, 0.5) is 0 Å². The molecule has 0 spiro atoms. The lowest BCUT2D eigenvalue weighted by Gasteiger charge is -2.34. The minimum Gasteiger partial charge on any atom is -0.396 e. The monoisotopic (exact) mass is 329 g/mol. The Hall–Kier alpha value is -1.63. The molecule has 0 aliphatic heterocycles. The smallest absolute Gasteiger partial charge is 0.245 e. The number of rotatable bonds is 10. The Morgan fingerprint density at radius 1 is 1.09 bits per heavy atom. The van der Waals surface area contributed by atoms with Gasteiger partial charge in [0.05, 0.1) is 0 Å². The Morgan fingerprint density at radius 2 is 1.65 bits per heavy atom. The molecule has 0 fully saturated rings. The zero-order valence-corrected chi connectivity index (χ0v) is 14.9. The number of carbonyl (C=O) groups excluding carboxylic acids is 3. The molecule has 2 atom stereocenters. The van der Waals surface area contributed by atoms with Gasteiger partial charge < -0.3 is 20.6 Å². The van der Waals surface area contributed by atoms with Crippen molar-refractivity contribution in [1.82, 2.24) is 9.80 Å². The number of hydrogen-bond acceptors (Lipinski definition) is 4. The molecule has 134 valence electrons. The van der Waals surface area contributed by atoms with E-state index in [1.807, 2.05) is 20.8 Å². The molecule has 0 aromatic carbocycles. The first-order valence-corrected chi connectivity index (χ1v) is 8.09. The fraction of sp³-hybridized carbons (Fsp3) is 0.812. The van der Waals surface area contributed by atoms with E-state index in [-0.39, 0.29) is 30.8 Å². The van der Waals surface area contributed by atoms with Gasteiger partial charge in [-0.3, -0.25) is 14.4 Å². The molecule has 7 nitrogen and oxygen atoms in total. The second kappa shape index (κ2) is 10.2. The van der Waals surface area contributed by atoms with Gasteiger partial charge in [-0.15, -0.1) is 0 Å². The maximum Gasteiger partial charge on any atom is 0.245 e. The van der Waals surface area contributed by atoms with Crippen molar-refractivity contribution in [3.05, 3.63) is 0 Å². The second-order valence-electron chi connectivity index (χ2n) is 6.28. The lowest BCUT2D eigenvalue weighted by molar-refractivity contribution is -0.148. The average molecular weight is 329 g/mol. The molecule has 0 unspecified atom stereocenters. The second-order valence-corrected chi connectivity index (χ2v) is 6.28. The van der Waals surface area contributed by atoms with Crippen molar-refractivity contribution in [2.24, 2.45) is 11.7 Å². The van der Waals surface area contributed by atoms with E-state index in [9.17, 15) is 19.5 Å². The Kier molecular flexibility index (Phi) is 9.48. The molecule has 0 aromatic rings. The van der Waals surface area contributed by atoms with Gasteiger partial charge in [-0.25, -0.2) is 0 Å². The van der Waals surface area contributed by atoms with Crippen LogP contribution in [0.3, 0.4) is 0 Å². The van der Waals surface area contributed by atoms with Gasteiger partial charge in [-0.2, -0.15) is 0 Å². The van der Waals surface area contributed by atoms with Crippen LogP contribution in [-0.2, 0) is 14.4 Å². The summed E-state index contributed by atoms with van der Waals surface area (Å²) in [6.45, 7) is 5.54. The summed E-state index contributed by atoms with van der Waals surface area (Å²) in [6, 6.07) is -1.52. The number of aliphatic hydroxyl groups excluding tert-OH is 1. The highest BCUT2D eigenvalue weighted by Gasteiger charge is 2.33. The van der Waals surface area contributed by atoms with E-state index in [1.54, 1.807) is 7.05 Å². The fourth-order valence-electron chi connectivity index (χ4n) is 2.47. The van der Waals surface area contributed by atoms with Gasteiger partial charge in [0.25, 0.3) is 0 Å². The van der Waals surface area contributed by atoms with E-state index in [0.717, 1.165) is 0 Å². The third kappa shape index (κ3) is 6.56. The van der Waals surface area contributed by atoms with E-state index in [1.165, 1.54) is 16.8 Å². The molecule has 0 rings (SSSR count). The molecule has 0 aliphatic carbocycles. The zero-order chi connectivity index (χ0) is 18.2. The number of nitrogens with two attached hydrogens (primary N) is 1. The molecule has 23 heavy (non-hydrogen) atoms. The van der Waals surface area contributed by atoms with Gasteiger partial charge in [0.1, 0.15) is 12.1 Å². The number of likely N-dealkylation sites (N-methyl/N-ethyl adjacent to an activating group) is 2. The molecule has 0 radical (unpaired) electrons. The molecular formula is C16H31N3O4. The van der Waals surface area contributed by atoms with Crippen molar-refractivity contribution in [3.8, 4) is 0 Å². The highest BCUT2D eigenvalue weighted by Crippen LogP contribution is 2.15. The van der Waals surface area contributed by atoms with Gasteiger partial charge in [0, 0.05) is 27.1 Å². The molecule has 0 aromatic heterocycles. The summed E-state index contributed by atoms with van der Waals surface area (Å²) in [5.74, 6) is -0.916. The zero-order valence-electron chi connectivity index (χ0n) is 14.9. The Balaban J connectivity index is 5.26. The first-order chi connectivity index (χ1) is 10.7. The van der Waals surface area contributed by atoms with Crippen molar-refractivity contribution in [3.63, 3.8) is 0 Å². The number of aliphatic hydroxyl groups is 1. The quantitative estimate of drug-likeness (QED) is 0.603. The summed E-state index contributed by atoms with van der Waals surface area (Å²) in [7, 11) is 3.06. The van der Waals surface area contributed by atoms with Crippen molar-refractivity contribution >= 4 is 17.7 Å². The summed E-state index contributed by atoms with van der Waals surface area (Å²) in [4.78, 5) is 39.1. The van der Waals surface area contributed by atoms with Crippen LogP contribution in [0.15, 0.2) is 0 Å². The standard InChI is InChI=1S/C16H31N3O4/c1-6-7-14(21)18(4)12(8-9-20)16(23)19(5)13(15(17)22)10-11(2)3/h11-13,20H,6-10H2,1-5H3,(H2,17,22)/t12-,13+/m1/s1. The van der Waals surface area contributed by atoms with Crippen LogP contribution in [0.25, 0.3) is 0 Å². The molecule has 3 N–H and O–H groups in total. The first-order valence-electron chi connectivity index (χ1n) is 8.09. The lowest BCUT2D eigenvalue weighted by atomic mass is 10.0. The van der Waals surface area contributed by atoms with Gasteiger partial charge in [0.2, 0.25) is 17.7 Å². The Bertz CT molecular complexity index is 412. The Morgan fingerprint density at radius 3 is 2.04 bits per heavy atom. The van der Waals surface area contributed by atoms with E-state index < -0.39 is 18.0 Å². The van der Waals surface area contributed by atoms with E-state index in [2.05, 4.69) is 0 Å². The number of amides is 3. The number of nitrogens with zero attached hydrogens (tertiary/aromatic N) is 2. The van der Waals surface area contributed by atoms with Crippen molar-refractivity contribution in [1.29, 1.82) is 0 Å². The van der Waals surface area contributed by atoms with Crippen molar-refractivity contribution in [2.75, 3.05) is 20.7 Å². The summed E-state index contributed by atoms with van der Waals surface area (Å²) >= 11 is 0. The van der Waals surface area contributed by atoms with E-state index in [0.29, 0.717) is 19.3 Å². The van der Waals surface area contributed by atoms with Crippen molar-refractivity contribution < 1.29 is 19.5 Å². The van der Waals surface area contributed by atoms with Crippen LogP contribution >= 0.6 is 0 Å². The molecule has 0 aliphatic rings. The molecule has 0 bridgehead atoms. The van der Waals surface area contributed by atoms with Gasteiger partial charge >= 0.3 is 0 Å². The number of hydrogen-bond donors (Lipinski definition) is 2. The largest absolute Gasteiger partial charge is 0.396 e. The average Bonchev–Trinajstić information content (AvgIpc) is 2.48. The minimum absolute atomic E-state index is 0.127. The number of primary amides is 1. The first kappa shape index (κ1) is 21.4. The van der Waals surface area contributed by atoms with E-state index >= 15 is 0 Å². The third-order valence-corrected chi connectivity index (χ3v) is 3.85. The molecule has 0 saturated heterocycles. The molecular weight excluding hydrogens is 298 g/mol. The highest BCUT2D eigenvalue weighted by molar-refractivity contribution is 5.91. The SMILES string of the molecule is CCCC(=O)N(C)[C@H](CCO)C(=O)N(C)[C@@H](CC(C)C)C(N)=O. The minimum atomic E-state index is -0.793. The summed E-state index contributed by atoms with van der Waals surface area (Å²) in [5.41, 5.74) is 5.42. The summed E-state index contributed by atoms with van der Waals surface area (Å²) in [6.07, 6.45) is 1.59. The van der Waals surface area contributed by atoms with Crippen LogP contribution < -0.4 is 5.73 Å². The summed E-state index contributed by atoms with van der Waals surface area (Å²) in [5, 5.41) is 9.22. The topological polar surface area (TPSA) is 104 Å². The van der Waals surface area contributed by atoms with Gasteiger partial charge in [0.15, 0.2) is 0 Å². The molecule has 0 saturated carbocycles. The predicted molar refractivity (Wildman–Crippen MR) is 88.4 cm³/mol. The molecule has 7 heteroatoms. The van der Waals surface area contributed by atoms with Crippen LogP contribution in [0.2, 0.25) is 0 Å².